The Hall–Kier alpha value is -3.26. The second-order valence-corrected chi connectivity index (χ2v) is 6.87. The number of aliphatic imine (C=N–C) groups is 1. The molecule has 0 amide bonds. The highest BCUT2D eigenvalue weighted by molar-refractivity contribution is 7.17. The van der Waals surface area contributed by atoms with Gasteiger partial charge in [0.1, 0.15) is 16.0 Å². The van der Waals surface area contributed by atoms with Gasteiger partial charge in [-0.15, -0.1) is 11.3 Å². The van der Waals surface area contributed by atoms with E-state index in [-0.39, 0.29) is 17.4 Å². The number of fused-ring (bicyclic) bond motifs is 2. The van der Waals surface area contributed by atoms with Gasteiger partial charge in [0.25, 0.3) is 5.56 Å². The quantitative estimate of drug-likeness (QED) is 0.572. The second-order valence-electron chi connectivity index (χ2n) is 5.99. The normalized spacial score (nSPS) is 16.7. The van der Waals surface area contributed by atoms with E-state index < -0.39 is 0 Å². The van der Waals surface area contributed by atoms with E-state index in [0.717, 1.165) is 12.0 Å². The van der Waals surface area contributed by atoms with Crippen LogP contribution in [0.4, 0.5) is 0 Å². The molecule has 0 saturated heterocycles. The first-order valence-electron chi connectivity index (χ1n) is 8.07. The fourth-order valence-electron chi connectivity index (χ4n) is 3.16. The summed E-state index contributed by atoms with van der Waals surface area (Å²) in [6, 6.07) is 3.27. The predicted molar refractivity (Wildman–Crippen MR) is 101 cm³/mol. The van der Waals surface area contributed by atoms with Gasteiger partial charge in [0.05, 0.1) is 17.8 Å². The Labute approximate surface area is 151 Å². The molecule has 128 valence electrons. The van der Waals surface area contributed by atoms with Crippen LogP contribution in [0, 0.1) is 0 Å². The lowest BCUT2D eigenvalue weighted by atomic mass is 10.0. The van der Waals surface area contributed by atoms with Crippen LogP contribution in [0.3, 0.4) is 0 Å². The van der Waals surface area contributed by atoms with Crippen molar-refractivity contribution in [1.29, 1.82) is 0 Å². The third kappa shape index (κ3) is 2.19. The van der Waals surface area contributed by atoms with Crippen molar-refractivity contribution in [3.05, 3.63) is 58.0 Å². The Morgan fingerprint density at radius 2 is 2.31 bits per heavy atom. The number of aromatic amines is 1. The molecule has 4 aromatic rings. The molecule has 2 N–H and O–H groups in total. The highest BCUT2D eigenvalue weighted by atomic mass is 32.1. The van der Waals surface area contributed by atoms with Gasteiger partial charge in [-0.05, 0) is 30.0 Å². The van der Waals surface area contributed by atoms with Gasteiger partial charge >= 0.3 is 0 Å². The number of H-pyrrole nitrogens is 1. The number of dihydropyridines is 1. The van der Waals surface area contributed by atoms with Gasteiger partial charge in [-0.25, -0.2) is 9.97 Å². The molecule has 26 heavy (non-hydrogen) atoms. The van der Waals surface area contributed by atoms with Crippen LogP contribution in [0.2, 0.25) is 0 Å². The maximum atomic E-state index is 12.6. The van der Waals surface area contributed by atoms with Crippen LogP contribution in [0.5, 0.6) is 5.75 Å². The van der Waals surface area contributed by atoms with Crippen molar-refractivity contribution in [2.75, 3.05) is 0 Å². The van der Waals surface area contributed by atoms with Crippen molar-refractivity contribution >= 4 is 33.3 Å². The number of rotatable bonds is 2. The molecule has 0 aliphatic carbocycles. The number of hydrogen-bond donors (Lipinski definition) is 2. The molecule has 0 spiro atoms. The molecule has 0 fully saturated rings. The monoisotopic (exact) mass is 363 g/mol. The molecule has 5 heterocycles. The van der Waals surface area contributed by atoms with Gasteiger partial charge in [-0.2, -0.15) is 0 Å². The van der Waals surface area contributed by atoms with Crippen molar-refractivity contribution in [3.8, 4) is 17.4 Å². The van der Waals surface area contributed by atoms with E-state index >= 15 is 0 Å². The summed E-state index contributed by atoms with van der Waals surface area (Å²) in [7, 11) is 0. The lowest BCUT2D eigenvalue weighted by molar-refractivity contribution is 0.479. The summed E-state index contributed by atoms with van der Waals surface area (Å²) in [5, 5.41) is 11.9. The van der Waals surface area contributed by atoms with Crippen LogP contribution in [0.25, 0.3) is 27.4 Å². The first-order chi connectivity index (χ1) is 12.7. The Morgan fingerprint density at radius 3 is 3.15 bits per heavy atom. The van der Waals surface area contributed by atoms with Gasteiger partial charge < -0.3 is 10.1 Å². The summed E-state index contributed by atoms with van der Waals surface area (Å²) < 4.78 is 2.28. The Morgan fingerprint density at radius 1 is 1.38 bits per heavy atom. The number of hydrogen-bond acceptors (Lipinski definition) is 6. The topological polar surface area (TPSA) is 95.6 Å². The molecule has 1 aliphatic rings. The standard InChI is InChI=1S/C18H13N5O2S/c24-13-5-3-7-23-12(13)8-20-17(23)16-21-14-10(11-4-1-2-6-19-11)9-26-15(14)18(25)22-16/h1-3,5-9,11,24H,4H2,(H,21,22,25). The summed E-state index contributed by atoms with van der Waals surface area (Å²) in [4.78, 5) is 28.9. The zero-order valence-corrected chi connectivity index (χ0v) is 14.3. The van der Waals surface area contributed by atoms with Gasteiger partial charge in [-0.3, -0.25) is 14.2 Å². The molecule has 8 heteroatoms. The number of thiophene rings is 1. The average Bonchev–Trinajstić information content (AvgIpc) is 3.27. The first-order valence-corrected chi connectivity index (χ1v) is 8.95. The lowest BCUT2D eigenvalue weighted by Gasteiger charge is -2.11. The van der Waals surface area contributed by atoms with E-state index in [1.54, 1.807) is 35.1 Å². The number of nitrogens with zero attached hydrogens (tertiary/aromatic N) is 4. The number of pyridine rings is 1. The first kappa shape index (κ1) is 15.0. The maximum Gasteiger partial charge on any atom is 0.269 e. The second kappa shape index (κ2) is 5.63. The summed E-state index contributed by atoms with van der Waals surface area (Å²) in [6.45, 7) is 0. The lowest BCUT2D eigenvalue weighted by Crippen LogP contribution is -2.10. The SMILES string of the molecule is O=c1[nH]c(-c2ncc3c(O)cccn23)nc2c(C3CC=CC=N3)csc12. The minimum Gasteiger partial charge on any atom is -0.506 e. The van der Waals surface area contributed by atoms with Crippen molar-refractivity contribution in [2.45, 2.75) is 12.5 Å². The number of nitrogens with one attached hydrogen (secondary N) is 1. The van der Waals surface area contributed by atoms with E-state index in [1.807, 2.05) is 11.5 Å². The van der Waals surface area contributed by atoms with Crippen molar-refractivity contribution in [1.82, 2.24) is 19.4 Å². The van der Waals surface area contributed by atoms with Gasteiger partial charge in [0, 0.05) is 18.0 Å². The van der Waals surface area contributed by atoms with Crippen LogP contribution in [0.15, 0.2) is 51.8 Å². The minimum atomic E-state index is -0.200. The molecule has 0 bridgehead atoms. The molecule has 4 aromatic heterocycles. The summed E-state index contributed by atoms with van der Waals surface area (Å²) in [5.41, 5.74) is 1.95. The van der Waals surface area contributed by atoms with E-state index in [1.165, 1.54) is 11.3 Å². The smallest absolute Gasteiger partial charge is 0.269 e. The number of imidazole rings is 1. The molecule has 1 aliphatic heterocycles. The van der Waals surface area contributed by atoms with Crippen LogP contribution in [-0.2, 0) is 0 Å². The van der Waals surface area contributed by atoms with Crippen LogP contribution in [-0.4, -0.2) is 30.7 Å². The molecule has 0 saturated carbocycles. The number of allylic oxidation sites excluding steroid dienone is 1. The molecule has 1 atom stereocenters. The highest BCUT2D eigenvalue weighted by Gasteiger charge is 2.20. The highest BCUT2D eigenvalue weighted by Crippen LogP contribution is 2.33. The van der Waals surface area contributed by atoms with E-state index in [0.29, 0.717) is 27.4 Å². The molecule has 1 unspecified atom stereocenters. The zero-order chi connectivity index (χ0) is 17.7. The molecular formula is C18H13N5O2S. The Bertz CT molecular complexity index is 1260. The average molecular weight is 363 g/mol. The maximum absolute atomic E-state index is 12.6. The van der Waals surface area contributed by atoms with Crippen LogP contribution >= 0.6 is 11.3 Å². The largest absolute Gasteiger partial charge is 0.506 e. The van der Waals surface area contributed by atoms with Gasteiger partial charge in [0.15, 0.2) is 11.6 Å². The van der Waals surface area contributed by atoms with Crippen molar-refractivity contribution in [3.63, 3.8) is 0 Å². The zero-order valence-electron chi connectivity index (χ0n) is 13.5. The number of aromatic hydroxyl groups is 1. The van der Waals surface area contributed by atoms with Crippen LogP contribution in [0.1, 0.15) is 18.0 Å². The van der Waals surface area contributed by atoms with Crippen LogP contribution < -0.4 is 5.56 Å². The molecular weight excluding hydrogens is 350 g/mol. The van der Waals surface area contributed by atoms with Crippen molar-refractivity contribution in [2.24, 2.45) is 4.99 Å². The van der Waals surface area contributed by atoms with E-state index in [2.05, 4.69) is 26.0 Å². The molecule has 7 nitrogen and oxygen atoms in total. The summed E-state index contributed by atoms with van der Waals surface area (Å²) in [6.07, 6.45) is 9.86. The van der Waals surface area contributed by atoms with Crippen molar-refractivity contribution < 1.29 is 5.11 Å². The predicted octanol–water partition coefficient (Wildman–Crippen LogP) is 3.08. The molecule has 0 aromatic carbocycles. The van der Waals surface area contributed by atoms with E-state index in [4.69, 9.17) is 0 Å². The van der Waals surface area contributed by atoms with E-state index in [9.17, 15) is 9.90 Å². The Kier molecular flexibility index (Phi) is 3.26. The van der Waals surface area contributed by atoms with Gasteiger partial charge in [-0.1, -0.05) is 6.08 Å². The summed E-state index contributed by atoms with van der Waals surface area (Å²) >= 11 is 1.37. The third-order valence-corrected chi connectivity index (χ3v) is 5.41. The number of aromatic nitrogens is 4. The molecule has 5 rings (SSSR count). The van der Waals surface area contributed by atoms with Gasteiger partial charge in [0.2, 0.25) is 0 Å². The Balaban J connectivity index is 1.73. The molecule has 0 radical (unpaired) electrons. The third-order valence-electron chi connectivity index (χ3n) is 4.42. The fraction of sp³-hybridized carbons (Fsp3) is 0.111. The minimum absolute atomic E-state index is 0.0306. The summed E-state index contributed by atoms with van der Waals surface area (Å²) in [5.74, 6) is 0.955. The fourth-order valence-corrected chi connectivity index (χ4v) is 4.11.